The molecule has 0 atom stereocenters. The Bertz CT molecular complexity index is 780. The van der Waals surface area contributed by atoms with Crippen LogP contribution in [0.1, 0.15) is 5.56 Å². The fourth-order valence-corrected chi connectivity index (χ4v) is 2.83. The van der Waals surface area contributed by atoms with Crippen LogP contribution in [0.25, 0.3) is 0 Å². The molecule has 7 nitrogen and oxygen atoms in total. The molecule has 0 aliphatic carbocycles. The predicted molar refractivity (Wildman–Crippen MR) is 73.5 cm³/mol. The minimum Gasteiger partial charge on any atom is -0.267 e. The number of sulfonamides is 1. The van der Waals surface area contributed by atoms with Crippen LogP contribution < -0.4 is 4.72 Å². The summed E-state index contributed by atoms with van der Waals surface area (Å²) < 4.78 is 38.9. The number of nitro benzene ring substituents is 1. The van der Waals surface area contributed by atoms with Gasteiger partial charge in [-0.1, -0.05) is 24.3 Å². The molecule has 0 saturated heterocycles. The Morgan fingerprint density at radius 2 is 1.90 bits per heavy atom. The highest BCUT2D eigenvalue weighted by Crippen LogP contribution is 2.20. The Kier molecular flexibility index (Phi) is 4.13. The van der Waals surface area contributed by atoms with Crippen LogP contribution in [0.2, 0.25) is 0 Å². The minimum atomic E-state index is -3.94. The van der Waals surface area contributed by atoms with Crippen molar-refractivity contribution in [1.82, 2.24) is 4.98 Å². The van der Waals surface area contributed by atoms with Crippen molar-refractivity contribution in [2.75, 3.05) is 4.72 Å². The molecule has 0 radical (unpaired) electrons. The van der Waals surface area contributed by atoms with Crippen molar-refractivity contribution in [2.24, 2.45) is 0 Å². The predicted octanol–water partition coefficient (Wildman–Crippen LogP) is 2.07. The molecular weight excluding hydrogens is 301 g/mol. The zero-order valence-corrected chi connectivity index (χ0v) is 11.4. The third kappa shape index (κ3) is 3.96. The Morgan fingerprint density at radius 1 is 1.19 bits per heavy atom. The first-order chi connectivity index (χ1) is 9.87. The van der Waals surface area contributed by atoms with E-state index in [-0.39, 0.29) is 17.1 Å². The Labute approximate surface area is 119 Å². The molecule has 0 fully saturated rings. The highest BCUT2D eigenvalue weighted by atomic mass is 32.2. The quantitative estimate of drug-likeness (QED) is 0.517. The lowest BCUT2D eigenvalue weighted by Gasteiger charge is -2.07. The van der Waals surface area contributed by atoms with Gasteiger partial charge in [-0.3, -0.25) is 14.8 Å². The summed E-state index contributed by atoms with van der Waals surface area (Å²) in [7, 11) is -3.94. The lowest BCUT2D eigenvalue weighted by Crippen LogP contribution is -2.16. The highest BCUT2D eigenvalue weighted by Gasteiger charge is 2.20. The Balaban J connectivity index is 2.24. The molecule has 2 aromatic rings. The average Bonchev–Trinajstić information content (AvgIpc) is 2.37. The number of nitrogens with zero attached hydrogens (tertiary/aromatic N) is 2. The monoisotopic (exact) mass is 311 g/mol. The van der Waals surface area contributed by atoms with E-state index in [1.807, 2.05) is 0 Å². The van der Waals surface area contributed by atoms with E-state index in [0.29, 0.717) is 0 Å². The number of hydrogen-bond donors (Lipinski definition) is 1. The second kappa shape index (κ2) is 5.83. The second-order valence-corrected chi connectivity index (χ2v) is 5.81. The molecule has 1 aromatic carbocycles. The van der Waals surface area contributed by atoms with Gasteiger partial charge in [-0.15, -0.1) is 0 Å². The van der Waals surface area contributed by atoms with Gasteiger partial charge >= 0.3 is 0 Å². The number of para-hydroxylation sites is 1. The van der Waals surface area contributed by atoms with Gasteiger partial charge in [-0.05, 0) is 12.1 Å². The van der Waals surface area contributed by atoms with Gasteiger partial charge in [-0.25, -0.2) is 13.4 Å². The van der Waals surface area contributed by atoms with Crippen LogP contribution in [-0.4, -0.2) is 18.3 Å². The lowest BCUT2D eigenvalue weighted by atomic mass is 10.2. The number of benzene rings is 1. The van der Waals surface area contributed by atoms with Gasteiger partial charge in [-0.2, -0.15) is 4.39 Å². The van der Waals surface area contributed by atoms with Crippen molar-refractivity contribution in [3.05, 3.63) is 64.1 Å². The van der Waals surface area contributed by atoms with Gasteiger partial charge in [0.2, 0.25) is 16.0 Å². The van der Waals surface area contributed by atoms with Gasteiger partial charge in [0.05, 0.1) is 4.92 Å². The topological polar surface area (TPSA) is 102 Å². The van der Waals surface area contributed by atoms with Crippen LogP contribution in [0.5, 0.6) is 0 Å². The van der Waals surface area contributed by atoms with Gasteiger partial charge in [0.25, 0.3) is 5.69 Å². The number of nitro groups is 1. The smallest absolute Gasteiger partial charge is 0.267 e. The maximum Gasteiger partial charge on any atom is 0.273 e. The molecular formula is C12H10FN3O4S. The van der Waals surface area contributed by atoms with E-state index in [2.05, 4.69) is 9.71 Å². The number of anilines is 1. The summed E-state index contributed by atoms with van der Waals surface area (Å²) >= 11 is 0. The van der Waals surface area contributed by atoms with Crippen molar-refractivity contribution < 1.29 is 17.7 Å². The summed E-state index contributed by atoms with van der Waals surface area (Å²) in [5, 5.41) is 10.8. The van der Waals surface area contributed by atoms with E-state index in [1.54, 1.807) is 0 Å². The van der Waals surface area contributed by atoms with Gasteiger partial charge in [0.1, 0.15) is 11.6 Å². The van der Waals surface area contributed by atoms with Crippen LogP contribution in [0.15, 0.2) is 42.5 Å². The fourth-order valence-electron chi connectivity index (χ4n) is 1.68. The molecule has 0 bridgehead atoms. The number of halogens is 1. The first-order valence-electron chi connectivity index (χ1n) is 5.73. The first-order valence-corrected chi connectivity index (χ1v) is 7.38. The zero-order valence-electron chi connectivity index (χ0n) is 10.6. The van der Waals surface area contributed by atoms with E-state index in [4.69, 9.17) is 0 Å². The zero-order chi connectivity index (χ0) is 15.5. The number of pyridine rings is 1. The maximum absolute atomic E-state index is 12.9. The van der Waals surface area contributed by atoms with Gasteiger partial charge < -0.3 is 0 Å². The summed E-state index contributed by atoms with van der Waals surface area (Å²) in [6.45, 7) is 0. The Morgan fingerprint density at radius 3 is 2.57 bits per heavy atom. The number of rotatable bonds is 5. The maximum atomic E-state index is 12.9. The van der Waals surface area contributed by atoms with Gasteiger partial charge in [0.15, 0.2) is 0 Å². The minimum absolute atomic E-state index is 0.0337. The van der Waals surface area contributed by atoms with E-state index in [9.17, 15) is 22.9 Å². The molecule has 0 saturated carbocycles. The molecule has 9 heteroatoms. The largest absolute Gasteiger partial charge is 0.273 e. The number of aromatic nitrogens is 1. The fraction of sp³-hybridized carbons (Fsp3) is 0.0833. The molecule has 0 aliphatic rings. The van der Waals surface area contributed by atoms with Crippen LogP contribution in [0.4, 0.5) is 15.9 Å². The summed E-state index contributed by atoms with van der Waals surface area (Å²) in [6, 6.07) is 9.14. The second-order valence-electron chi connectivity index (χ2n) is 4.09. The van der Waals surface area contributed by atoms with Gasteiger partial charge in [0, 0.05) is 11.6 Å². The van der Waals surface area contributed by atoms with E-state index in [0.717, 1.165) is 6.07 Å². The molecule has 1 heterocycles. The van der Waals surface area contributed by atoms with E-state index >= 15 is 0 Å². The third-order valence-electron chi connectivity index (χ3n) is 2.51. The molecule has 1 aromatic heterocycles. The van der Waals surface area contributed by atoms with Crippen LogP contribution in [-0.2, 0) is 15.8 Å². The first kappa shape index (κ1) is 14.9. The molecule has 0 spiro atoms. The van der Waals surface area contributed by atoms with Crippen molar-refractivity contribution in [3.63, 3.8) is 0 Å². The van der Waals surface area contributed by atoms with E-state index < -0.39 is 26.6 Å². The van der Waals surface area contributed by atoms with Crippen molar-refractivity contribution >= 4 is 21.5 Å². The summed E-state index contributed by atoms with van der Waals surface area (Å²) in [5.74, 6) is -1.63. The molecule has 110 valence electrons. The highest BCUT2D eigenvalue weighted by molar-refractivity contribution is 7.91. The van der Waals surface area contributed by atoms with Crippen molar-refractivity contribution in [3.8, 4) is 0 Å². The molecule has 0 unspecified atom stereocenters. The summed E-state index contributed by atoms with van der Waals surface area (Å²) in [5.41, 5.74) is -0.263. The Hall–Kier alpha value is -2.55. The number of nitrogens with one attached hydrogen (secondary N) is 1. The van der Waals surface area contributed by atoms with Crippen LogP contribution >= 0.6 is 0 Å². The molecule has 21 heavy (non-hydrogen) atoms. The van der Waals surface area contributed by atoms with Crippen molar-refractivity contribution in [1.29, 1.82) is 0 Å². The average molecular weight is 311 g/mol. The summed E-state index contributed by atoms with van der Waals surface area (Å²) in [4.78, 5) is 13.5. The number of hydrogen-bond acceptors (Lipinski definition) is 5. The van der Waals surface area contributed by atoms with Crippen LogP contribution in [0, 0.1) is 16.1 Å². The van der Waals surface area contributed by atoms with Crippen LogP contribution in [0.3, 0.4) is 0 Å². The molecule has 2 rings (SSSR count). The molecule has 1 N–H and O–H groups in total. The normalized spacial score (nSPS) is 11.1. The van der Waals surface area contributed by atoms with E-state index in [1.165, 1.54) is 36.4 Å². The summed E-state index contributed by atoms with van der Waals surface area (Å²) in [6.07, 6.45) is 0. The standard InChI is InChI=1S/C12H10FN3O4S/c13-11-6-3-7-12(14-11)15-21(19,20)8-9-4-1-2-5-10(9)16(17)18/h1-7H,8H2,(H,14,15). The van der Waals surface area contributed by atoms with Crippen molar-refractivity contribution in [2.45, 2.75) is 5.75 Å². The molecule has 0 aliphatic heterocycles. The third-order valence-corrected chi connectivity index (χ3v) is 3.72. The lowest BCUT2D eigenvalue weighted by molar-refractivity contribution is -0.385. The molecule has 0 amide bonds. The SMILES string of the molecule is O=[N+]([O-])c1ccccc1CS(=O)(=O)Nc1cccc(F)n1.